The molecule has 0 bridgehead atoms. The Hall–Kier alpha value is -2.73. The fourth-order valence-corrected chi connectivity index (χ4v) is 3.92. The van der Waals surface area contributed by atoms with Crippen molar-refractivity contribution in [3.8, 4) is 0 Å². The van der Waals surface area contributed by atoms with E-state index in [1.165, 1.54) is 6.07 Å². The number of carbonyl (C=O) groups is 2. The molecule has 3 aromatic rings. The number of alkyl halides is 3. The minimum absolute atomic E-state index is 0.0118. The molecule has 0 aliphatic carbocycles. The smallest absolute Gasteiger partial charge is 0.451 e. The number of ether oxygens (including phenoxy) is 1. The SMILES string of the molecule is CCOC(=O)Cc1csc(NC(=O)CSc2nc(C(F)(F)F)nc3ccccc23)n1. The molecule has 0 unspecified atom stereocenters. The maximum Gasteiger partial charge on any atom is 0.451 e. The van der Waals surface area contributed by atoms with Gasteiger partial charge in [-0.15, -0.1) is 11.3 Å². The molecule has 0 aliphatic rings. The highest BCUT2D eigenvalue weighted by atomic mass is 32.2. The Morgan fingerprint density at radius 1 is 1.20 bits per heavy atom. The maximum absolute atomic E-state index is 13.1. The molecule has 3 rings (SSSR count). The zero-order valence-electron chi connectivity index (χ0n) is 15.5. The Kier molecular flexibility index (Phi) is 6.87. The second kappa shape index (κ2) is 9.39. The molecule has 0 radical (unpaired) electrons. The van der Waals surface area contributed by atoms with Crippen molar-refractivity contribution in [2.45, 2.75) is 24.5 Å². The van der Waals surface area contributed by atoms with E-state index in [1.807, 2.05) is 0 Å². The number of anilines is 1. The number of halogens is 3. The van der Waals surface area contributed by atoms with Crippen LogP contribution in [0.15, 0.2) is 34.7 Å². The summed E-state index contributed by atoms with van der Waals surface area (Å²) in [7, 11) is 0. The van der Waals surface area contributed by atoms with Crippen molar-refractivity contribution < 1.29 is 27.5 Å². The van der Waals surface area contributed by atoms with Crippen LogP contribution in [0.25, 0.3) is 10.9 Å². The van der Waals surface area contributed by atoms with Crippen LogP contribution in [0.2, 0.25) is 0 Å². The zero-order chi connectivity index (χ0) is 21.7. The highest BCUT2D eigenvalue weighted by Crippen LogP contribution is 2.32. The van der Waals surface area contributed by atoms with Gasteiger partial charge >= 0.3 is 12.1 Å². The van der Waals surface area contributed by atoms with Gasteiger partial charge in [0.15, 0.2) is 5.13 Å². The molecule has 0 saturated carbocycles. The van der Waals surface area contributed by atoms with E-state index >= 15 is 0 Å². The number of nitrogens with one attached hydrogen (secondary N) is 1. The molecule has 7 nitrogen and oxygen atoms in total. The zero-order valence-corrected chi connectivity index (χ0v) is 17.2. The topological polar surface area (TPSA) is 94.1 Å². The number of hydrogen-bond donors (Lipinski definition) is 1. The fraction of sp³-hybridized carbons (Fsp3) is 0.278. The summed E-state index contributed by atoms with van der Waals surface area (Å²) in [4.78, 5) is 34.9. The Bertz CT molecular complexity index is 1070. The largest absolute Gasteiger partial charge is 0.466 e. The number of thioether (sulfide) groups is 1. The van der Waals surface area contributed by atoms with Gasteiger partial charge in [0.05, 0.1) is 30.0 Å². The summed E-state index contributed by atoms with van der Waals surface area (Å²) in [6.07, 6.45) is -4.71. The normalized spacial score (nSPS) is 11.5. The Labute approximate surface area is 177 Å². The van der Waals surface area contributed by atoms with E-state index in [0.717, 1.165) is 23.1 Å². The lowest BCUT2D eigenvalue weighted by atomic mass is 10.2. The van der Waals surface area contributed by atoms with Crippen molar-refractivity contribution in [2.24, 2.45) is 0 Å². The minimum atomic E-state index is -4.70. The molecule has 2 aromatic heterocycles. The Morgan fingerprint density at radius 3 is 2.70 bits per heavy atom. The van der Waals surface area contributed by atoms with E-state index < -0.39 is 23.9 Å². The first-order valence-corrected chi connectivity index (χ1v) is 10.5. The number of carbonyl (C=O) groups excluding carboxylic acids is 2. The van der Waals surface area contributed by atoms with E-state index in [9.17, 15) is 22.8 Å². The number of benzene rings is 1. The third kappa shape index (κ3) is 5.66. The molecule has 30 heavy (non-hydrogen) atoms. The summed E-state index contributed by atoms with van der Waals surface area (Å²) in [5.74, 6) is -2.32. The number of nitrogens with zero attached hydrogens (tertiary/aromatic N) is 3. The van der Waals surface area contributed by atoms with Gasteiger partial charge in [-0.3, -0.25) is 9.59 Å². The number of fused-ring (bicyclic) bond motifs is 1. The second-order valence-corrected chi connectivity index (χ2v) is 7.65. The number of thiazole rings is 1. The third-order valence-corrected chi connectivity index (χ3v) is 5.39. The molecule has 1 N–H and O–H groups in total. The van der Waals surface area contributed by atoms with Gasteiger partial charge in [0.1, 0.15) is 5.03 Å². The van der Waals surface area contributed by atoms with Gasteiger partial charge in [0, 0.05) is 10.8 Å². The van der Waals surface area contributed by atoms with Gasteiger partial charge in [-0.25, -0.2) is 15.0 Å². The molecule has 12 heteroatoms. The summed E-state index contributed by atoms with van der Waals surface area (Å²) in [6.45, 7) is 1.96. The molecule has 0 aliphatic heterocycles. The van der Waals surface area contributed by atoms with Crippen LogP contribution in [0.1, 0.15) is 18.4 Å². The first-order chi connectivity index (χ1) is 14.3. The summed E-state index contributed by atoms with van der Waals surface area (Å²) < 4.78 is 44.0. The molecule has 1 aromatic carbocycles. The standard InChI is InChI=1S/C18H15F3N4O3S2/c1-2-28-14(27)7-10-8-30-17(22-10)24-13(26)9-29-15-11-5-3-4-6-12(11)23-16(25-15)18(19,20)21/h3-6,8H,2,7,9H2,1H3,(H,22,24,26). The minimum Gasteiger partial charge on any atom is -0.466 e. The quantitative estimate of drug-likeness (QED) is 0.327. The molecule has 1 amide bonds. The van der Waals surface area contributed by atoms with Crippen molar-refractivity contribution in [1.29, 1.82) is 0 Å². The van der Waals surface area contributed by atoms with Crippen molar-refractivity contribution in [1.82, 2.24) is 15.0 Å². The van der Waals surface area contributed by atoms with Crippen LogP contribution < -0.4 is 5.32 Å². The van der Waals surface area contributed by atoms with Crippen LogP contribution in [-0.4, -0.2) is 39.2 Å². The number of aromatic nitrogens is 3. The molecule has 0 atom stereocenters. The summed E-state index contributed by atoms with van der Waals surface area (Å²) in [6, 6.07) is 6.28. The maximum atomic E-state index is 13.1. The van der Waals surface area contributed by atoms with Gasteiger partial charge in [0.2, 0.25) is 11.7 Å². The summed E-state index contributed by atoms with van der Waals surface area (Å²) in [5, 5.41) is 4.95. The van der Waals surface area contributed by atoms with Gasteiger partial charge < -0.3 is 10.1 Å². The molecule has 0 spiro atoms. The first-order valence-electron chi connectivity index (χ1n) is 8.63. The fourth-order valence-electron chi connectivity index (χ4n) is 2.38. The van der Waals surface area contributed by atoms with E-state index in [0.29, 0.717) is 11.1 Å². The molecular weight excluding hydrogens is 441 g/mol. The number of amides is 1. The summed E-state index contributed by atoms with van der Waals surface area (Å²) >= 11 is 2.00. The van der Waals surface area contributed by atoms with Gasteiger partial charge in [0.25, 0.3) is 0 Å². The second-order valence-electron chi connectivity index (χ2n) is 5.83. The average molecular weight is 456 g/mol. The number of rotatable bonds is 7. The van der Waals surface area contributed by atoms with Crippen LogP contribution in [0.4, 0.5) is 18.3 Å². The predicted octanol–water partition coefficient (Wildman–Crippen LogP) is 3.94. The lowest BCUT2D eigenvalue weighted by Gasteiger charge is -2.10. The molecule has 0 fully saturated rings. The Balaban J connectivity index is 1.67. The highest BCUT2D eigenvalue weighted by molar-refractivity contribution is 8.00. The number of para-hydroxylation sites is 1. The third-order valence-electron chi connectivity index (χ3n) is 3.59. The molecular formula is C18H15F3N4O3S2. The molecule has 2 heterocycles. The van der Waals surface area contributed by atoms with Crippen LogP contribution in [0, 0.1) is 0 Å². The molecule has 0 saturated heterocycles. The Morgan fingerprint density at radius 2 is 1.97 bits per heavy atom. The lowest BCUT2D eigenvalue weighted by molar-refractivity contribution is -0.145. The van der Waals surface area contributed by atoms with Crippen molar-refractivity contribution >= 4 is 51.0 Å². The number of hydrogen-bond acceptors (Lipinski definition) is 8. The molecule has 158 valence electrons. The monoisotopic (exact) mass is 456 g/mol. The summed E-state index contributed by atoms with van der Waals surface area (Å²) in [5.41, 5.74) is 0.601. The van der Waals surface area contributed by atoms with Crippen molar-refractivity contribution in [3.05, 3.63) is 41.2 Å². The van der Waals surface area contributed by atoms with E-state index in [1.54, 1.807) is 30.5 Å². The van der Waals surface area contributed by atoms with E-state index in [2.05, 4.69) is 20.3 Å². The lowest BCUT2D eigenvalue weighted by Crippen LogP contribution is -2.15. The van der Waals surface area contributed by atoms with Gasteiger partial charge in [-0.1, -0.05) is 30.0 Å². The van der Waals surface area contributed by atoms with Crippen molar-refractivity contribution in [2.75, 3.05) is 17.7 Å². The average Bonchev–Trinajstić information content (AvgIpc) is 3.11. The van der Waals surface area contributed by atoms with Crippen LogP contribution >= 0.6 is 23.1 Å². The van der Waals surface area contributed by atoms with Crippen LogP contribution in [0.3, 0.4) is 0 Å². The van der Waals surface area contributed by atoms with Crippen LogP contribution in [0.5, 0.6) is 0 Å². The van der Waals surface area contributed by atoms with Gasteiger partial charge in [-0.2, -0.15) is 13.2 Å². The predicted molar refractivity (Wildman–Crippen MR) is 106 cm³/mol. The first kappa shape index (κ1) is 22.0. The number of esters is 1. The van der Waals surface area contributed by atoms with Gasteiger partial charge in [-0.05, 0) is 13.0 Å². The van der Waals surface area contributed by atoms with Crippen molar-refractivity contribution in [3.63, 3.8) is 0 Å². The highest BCUT2D eigenvalue weighted by Gasteiger charge is 2.35. The van der Waals surface area contributed by atoms with E-state index in [-0.39, 0.29) is 34.5 Å². The van der Waals surface area contributed by atoms with E-state index in [4.69, 9.17) is 4.74 Å². The van der Waals surface area contributed by atoms with Crippen LogP contribution in [-0.2, 0) is 26.9 Å².